The zero-order chi connectivity index (χ0) is 17.3. The molecule has 2 heterocycles. The Morgan fingerprint density at radius 2 is 2.08 bits per heavy atom. The van der Waals surface area contributed by atoms with E-state index in [-0.39, 0.29) is 11.9 Å². The molecule has 2 amide bonds. The Morgan fingerprint density at radius 3 is 2.75 bits per heavy atom. The van der Waals surface area contributed by atoms with Crippen molar-refractivity contribution in [2.45, 2.75) is 38.1 Å². The average Bonchev–Trinajstić information content (AvgIpc) is 2.91. The van der Waals surface area contributed by atoms with Gasteiger partial charge in [0, 0.05) is 19.1 Å². The normalized spacial score (nSPS) is 30.5. The number of likely N-dealkylation sites (tertiary alicyclic amines) is 1. The Kier molecular flexibility index (Phi) is 4.60. The average molecular weight is 331 g/mol. The third kappa shape index (κ3) is 2.80. The van der Waals surface area contributed by atoms with Crippen LogP contribution in [0.15, 0.2) is 24.3 Å². The van der Waals surface area contributed by atoms with E-state index in [1.807, 2.05) is 43.0 Å². The number of hydrogen-bond donors (Lipinski definition) is 3. The van der Waals surface area contributed by atoms with E-state index >= 15 is 0 Å². The van der Waals surface area contributed by atoms with Crippen molar-refractivity contribution in [3.63, 3.8) is 0 Å². The molecular formula is C18H25N3O3. The summed E-state index contributed by atoms with van der Waals surface area (Å²) in [5.74, 6) is -0.772. The molecule has 3 unspecified atom stereocenters. The molecule has 3 atom stereocenters. The second-order valence-electron chi connectivity index (χ2n) is 7.09. The molecule has 0 aromatic heterocycles. The Bertz CT molecular complexity index is 631. The molecule has 130 valence electrons. The molecule has 0 spiro atoms. The van der Waals surface area contributed by atoms with Gasteiger partial charge in [-0.15, -0.1) is 0 Å². The van der Waals surface area contributed by atoms with Gasteiger partial charge in [0.15, 0.2) is 0 Å². The molecule has 2 aliphatic rings. The summed E-state index contributed by atoms with van der Waals surface area (Å²) in [6.45, 7) is 5.90. The van der Waals surface area contributed by atoms with Crippen molar-refractivity contribution in [2.24, 2.45) is 5.92 Å². The van der Waals surface area contributed by atoms with Crippen molar-refractivity contribution < 1.29 is 14.8 Å². The lowest BCUT2D eigenvalue weighted by Gasteiger charge is -2.38. The molecule has 1 aromatic carbocycles. The molecule has 3 N–H and O–H groups in total. The second-order valence-corrected chi connectivity index (χ2v) is 7.09. The predicted molar refractivity (Wildman–Crippen MR) is 89.6 cm³/mol. The lowest BCUT2D eigenvalue weighted by molar-refractivity contribution is -0.141. The zero-order valence-electron chi connectivity index (χ0n) is 14.2. The van der Waals surface area contributed by atoms with Gasteiger partial charge in [-0.2, -0.15) is 0 Å². The van der Waals surface area contributed by atoms with E-state index in [2.05, 4.69) is 5.32 Å². The summed E-state index contributed by atoms with van der Waals surface area (Å²) >= 11 is 0. The molecule has 3 rings (SSSR count). The first-order valence-electron chi connectivity index (χ1n) is 8.50. The first kappa shape index (κ1) is 16.9. The van der Waals surface area contributed by atoms with Gasteiger partial charge in [0.25, 0.3) is 0 Å². The maximum absolute atomic E-state index is 13.2. The zero-order valence-corrected chi connectivity index (χ0v) is 14.2. The smallest absolute Gasteiger partial charge is 0.249 e. The van der Waals surface area contributed by atoms with Crippen LogP contribution in [0.5, 0.6) is 0 Å². The van der Waals surface area contributed by atoms with Crippen LogP contribution in [0.25, 0.3) is 0 Å². The van der Waals surface area contributed by atoms with Gasteiger partial charge in [-0.3, -0.25) is 14.8 Å². The fourth-order valence-corrected chi connectivity index (χ4v) is 3.94. The minimum Gasteiger partial charge on any atom is -0.338 e. The van der Waals surface area contributed by atoms with E-state index in [1.165, 1.54) is 5.56 Å². The van der Waals surface area contributed by atoms with Crippen LogP contribution in [-0.4, -0.2) is 47.6 Å². The molecule has 6 heteroatoms. The second kappa shape index (κ2) is 6.53. The lowest BCUT2D eigenvalue weighted by Crippen LogP contribution is -2.56. The highest BCUT2D eigenvalue weighted by Crippen LogP contribution is 2.38. The third-order valence-corrected chi connectivity index (χ3v) is 5.57. The van der Waals surface area contributed by atoms with Crippen LogP contribution < -0.4 is 10.8 Å². The van der Waals surface area contributed by atoms with Gasteiger partial charge in [0.2, 0.25) is 11.8 Å². The number of hydroxylamine groups is 1. The van der Waals surface area contributed by atoms with E-state index < -0.39 is 17.2 Å². The van der Waals surface area contributed by atoms with Crippen LogP contribution in [0, 0.1) is 12.8 Å². The number of hydrogen-bond acceptors (Lipinski definition) is 4. The van der Waals surface area contributed by atoms with Gasteiger partial charge in [-0.1, -0.05) is 29.8 Å². The van der Waals surface area contributed by atoms with Crippen molar-refractivity contribution in [2.75, 3.05) is 19.6 Å². The largest absolute Gasteiger partial charge is 0.338 e. The first-order valence-corrected chi connectivity index (χ1v) is 8.50. The monoisotopic (exact) mass is 331 g/mol. The van der Waals surface area contributed by atoms with Gasteiger partial charge < -0.3 is 10.2 Å². The molecule has 24 heavy (non-hydrogen) atoms. The molecule has 0 bridgehead atoms. The summed E-state index contributed by atoms with van der Waals surface area (Å²) in [7, 11) is 0. The van der Waals surface area contributed by atoms with Crippen LogP contribution >= 0.6 is 0 Å². The van der Waals surface area contributed by atoms with Crippen LogP contribution in [0.1, 0.15) is 30.9 Å². The summed E-state index contributed by atoms with van der Waals surface area (Å²) in [4.78, 5) is 27.0. The van der Waals surface area contributed by atoms with Crippen LogP contribution in [0.3, 0.4) is 0 Å². The highest BCUT2D eigenvalue weighted by atomic mass is 16.5. The third-order valence-electron chi connectivity index (χ3n) is 5.57. The predicted octanol–water partition coefficient (Wildman–Crippen LogP) is 0.969. The number of piperidine rings is 1. The van der Waals surface area contributed by atoms with Gasteiger partial charge in [0.05, 0.1) is 11.3 Å². The Morgan fingerprint density at radius 1 is 1.38 bits per heavy atom. The number of aryl methyl sites for hydroxylation is 1. The molecule has 2 fully saturated rings. The highest BCUT2D eigenvalue weighted by molar-refractivity contribution is 5.91. The summed E-state index contributed by atoms with van der Waals surface area (Å²) in [5, 5.41) is 12.2. The Labute approximate surface area is 142 Å². The van der Waals surface area contributed by atoms with Gasteiger partial charge >= 0.3 is 0 Å². The number of nitrogens with one attached hydrogen (secondary N) is 2. The molecule has 0 aliphatic carbocycles. The topological polar surface area (TPSA) is 81.7 Å². The van der Waals surface area contributed by atoms with E-state index in [1.54, 1.807) is 5.48 Å². The van der Waals surface area contributed by atoms with Crippen molar-refractivity contribution in [1.29, 1.82) is 0 Å². The van der Waals surface area contributed by atoms with E-state index in [4.69, 9.17) is 5.21 Å². The Hall–Kier alpha value is -1.92. The standard InChI is InChI=1S/C18H25N3O3/c1-12-3-5-13(6-4-12)18(2)8-10-21(17(18)23)15-7-9-19-11-14(15)16(22)20-24/h3-6,14-15,19,24H,7-11H2,1-2H3,(H,20,22). The molecular weight excluding hydrogens is 306 g/mol. The summed E-state index contributed by atoms with van der Waals surface area (Å²) in [6.07, 6.45) is 1.46. The van der Waals surface area contributed by atoms with E-state index in [0.29, 0.717) is 19.5 Å². The molecule has 2 aliphatic heterocycles. The van der Waals surface area contributed by atoms with E-state index in [0.717, 1.165) is 18.5 Å². The number of carbonyl (C=O) groups excluding carboxylic acids is 2. The van der Waals surface area contributed by atoms with E-state index in [9.17, 15) is 9.59 Å². The maximum Gasteiger partial charge on any atom is 0.249 e. The van der Waals surface area contributed by atoms with Gasteiger partial charge in [-0.05, 0) is 38.8 Å². The maximum atomic E-state index is 13.2. The van der Waals surface area contributed by atoms with Crippen LogP contribution in [0.2, 0.25) is 0 Å². The van der Waals surface area contributed by atoms with Gasteiger partial charge in [0.1, 0.15) is 0 Å². The SMILES string of the molecule is Cc1ccc(C2(C)CCN(C3CCNCC3C(=O)NO)C2=O)cc1. The lowest BCUT2D eigenvalue weighted by atomic mass is 9.80. The number of carbonyl (C=O) groups is 2. The number of rotatable bonds is 3. The van der Waals surface area contributed by atoms with Crippen molar-refractivity contribution in [1.82, 2.24) is 15.7 Å². The van der Waals surface area contributed by atoms with Crippen LogP contribution in [-0.2, 0) is 15.0 Å². The number of amides is 2. The molecule has 1 aromatic rings. The summed E-state index contributed by atoms with van der Waals surface area (Å²) in [5.41, 5.74) is 3.40. The van der Waals surface area contributed by atoms with Crippen LogP contribution in [0.4, 0.5) is 0 Å². The van der Waals surface area contributed by atoms with Crippen molar-refractivity contribution in [3.8, 4) is 0 Å². The van der Waals surface area contributed by atoms with Crippen molar-refractivity contribution >= 4 is 11.8 Å². The number of benzene rings is 1. The van der Waals surface area contributed by atoms with Gasteiger partial charge in [-0.25, -0.2) is 5.48 Å². The number of nitrogens with zero attached hydrogens (tertiary/aromatic N) is 1. The minimum absolute atomic E-state index is 0.0778. The molecule has 0 saturated carbocycles. The summed E-state index contributed by atoms with van der Waals surface area (Å²) < 4.78 is 0. The highest BCUT2D eigenvalue weighted by Gasteiger charge is 2.48. The first-order chi connectivity index (χ1) is 11.5. The molecule has 2 saturated heterocycles. The van der Waals surface area contributed by atoms with Crippen molar-refractivity contribution in [3.05, 3.63) is 35.4 Å². The quantitative estimate of drug-likeness (QED) is 0.569. The molecule has 0 radical (unpaired) electrons. The molecule has 6 nitrogen and oxygen atoms in total. The summed E-state index contributed by atoms with van der Waals surface area (Å²) in [6, 6.07) is 7.94. The minimum atomic E-state index is -0.543. The Balaban J connectivity index is 1.84. The fraction of sp³-hybridized carbons (Fsp3) is 0.556. The fourth-order valence-electron chi connectivity index (χ4n) is 3.94.